The number of pyridine rings is 1. The van der Waals surface area contributed by atoms with E-state index in [4.69, 9.17) is 4.74 Å². The predicted molar refractivity (Wildman–Crippen MR) is 79.0 cm³/mol. The Balaban J connectivity index is 2.22. The first-order valence-electron chi connectivity index (χ1n) is 6.02. The van der Waals surface area contributed by atoms with Gasteiger partial charge in [-0.25, -0.2) is 14.4 Å². The SMILES string of the molecule is COc1ncc(-c2ccc(F)cc2)c2sc(NC=O)nc12. The molecule has 0 unspecified atom stereocenters. The molecule has 106 valence electrons. The molecule has 3 rings (SSSR count). The van der Waals surface area contributed by atoms with Crippen LogP contribution in [0.1, 0.15) is 0 Å². The van der Waals surface area contributed by atoms with E-state index in [0.717, 1.165) is 15.8 Å². The molecular formula is C14H10FN3O2S. The summed E-state index contributed by atoms with van der Waals surface area (Å²) < 4.78 is 19.0. The van der Waals surface area contributed by atoms with Gasteiger partial charge in [0.15, 0.2) is 5.13 Å². The number of halogens is 1. The third-order valence-electron chi connectivity index (χ3n) is 2.92. The number of nitrogens with zero attached hydrogens (tertiary/aromatic N) is 2. The highest BCUT2D eigenvalue weighted by molar-refractivity contribution is 7.22. The normalized spacial score (nSPS) is 10.6. The Morgan fingerprint density at radius 3 is 2.76 bits per heavy atom. The number of rotatable bonds is 4. The van der Waals surface area contributed by atoms with Crippen molar-refractivity contribution in [1.82, 2.24) is 9.97 Å². The Bertz CT molecular complexity index is 802. The van der Waals surface area contributed by atoms with Gasteiger partial charge in [0.1, 0.15) is 11.3 Å². The fourth-order valence-corrected chi connectivity index (χ4v) is 2.93. The number of carbonyl (C=O) groups excluding carboxylic acids is 1. The van der Waals surface area contributed by atoms with Crippen LogP contribution in [0.5, 0.6) is 5.88 Å². The van der Waals surface area contributed by atoms with E-state index in [1.54, 1.807) is 18.3 Å². The number of benzene rings is 1. The van der Waals surface area contributed by atoms with Crippen molar-refractivity contribution in [3.63, 3.8) is 0 Å². The molecule has 0 aliphatic carbocycles. The maximum absolute atomic E-state index is 13.0. The summed E-state index contributed by atoms with van der Waals surface area (Å²) in [4.78, 5) is 19.1. The standard InChI is InChI=1S/C14H10FN3O2S/c1-20-13-11-12(21-14(18-11)17-7-19)10(6-16-13)8-2-4-9(15)5-3-8/h2-7H,1H3,(H,17,18,19). The number of amides is 1. The van der Waals surface area contributed by atoms with Crippen LogP contribution in [0, 0.1) is 5.82 Å². The van der Waals surface area contributed by atoms with Gasteiger partial charge < -0.3 is 10.1 Å². The van der Waals surface area contributed by atoms with Crippen molar-refractivity contribution < 1.29 is 13.9 Å². The number of thiazole rings is 1. The highest BCUT2D eigenvalue weighted by Gasteiger charge is 2.15. The Hall–Kier alpha value is -2.54. The highest BCUT2D eigenvalue weighted by Crippen LogP contribution is 2.38. The smallest absolute Gasteiger partial charge is 0.241 e. The maximum atomic E-state index is 13.0. The van der Waals surface area contributed by atoms with Gasteiger partial charge in [0.05, 0.1) is 11.8 Å². The lowest BCUT2D eigenvalue weighted by Crippen LogP contribution is -1.93. The minimum Gasteiger partial charge on any atom is -0.479 e. The summed E-state index contributed by atoms with van der Waals surface area (Å²) in [5.74, 6) is 0.0788. The van der Waals surface area contributed by atoms with E-state index in [1.165, 1.54) is 30.6 Å². The van der Waals surface area contributed by atoms with Crippen molar-refractivity contribution in [3.8, 4) is 17.0 Å². The fourth-order valence-electron chi connectivity index (χ4n) is 1.99. The van der Waals surface area contributed by atoms with Crippen LogP contribution in [-0.4, -0.2) is 23.5 Å². The van der Waals surface area contributed by atoms with E-state index < -0.39 is 0 Å². The first-order valence-corrected chi connectivity index (χ1v) is 6.84. The third-order valence-corrected chi connectivity index (χ3v) is 3.94. The quantitative estimate of drug-likeness (QED) is 0.752. The Kier molecular flexibility index (Phi) is 3.49. The van der Waals surface area contributed by atoms with Crippen LogP contribution in [0.4, 0.5) is 9.52 Å². The average molecular weight is 303 g/mol. The first kappa shape index (κ1) is 13.4. The minimum atomic E-state index is -0.302. The predicted octanol–water partition coefficient (Wildman–Crippen LogP) is 3.07. The number of anilines is 1. The summed E-state index contributed by atoms with van der Waals surface area (Å²) in [6.07, 6.45) is 2.21. The summed E-state index contributed by atoms with van der Waals surface area (Å²) >= 11 is 1.31. The Morgan fingerprint density at radius 1 is 1.33 bits per heavy atom. The van der Waals surface area contributed by atoms with E-state index >= 15 is 0 Å². The van der Waals surface area contributed by atoms with Crippen molar-refractivity contribution >= 4 is 33.1 Å². The van der Waals surface area contributed by atoms with E-state index in [9.17, 15) is 9.18 Å². The number of aromatic nitrogens is 2. The lowest BCUT2D eigenvalue weighted by molar-refractivity contribution is -0.105. The minimum absolute atomic E-state index is 0.302. The van der Waals surface area contributed by atoms with Crippen LogP contribution in [0.3, 0.4) is 0 Å². The van der Waals surface area contributed by atoms with Crippen molar-refractivity contribution in [1.29, 1.82) is 0 Å². The van der Waals surface area contributed by atoms with Gasteiger partial charge in [-0.2, -0.15) is 0 Å². The monoisotopic (exact) mass is 303 g/mol. The molecule has 1 N–H and O–H groups in total. The second-order valence-corrected chi connectivity index (χ2v) is 5.15. The summed E-state index contributed by atoms with van der Waals surface area (Å²) in [5.41, 5.74) is 2.19. The molecule has 0 fully saturated rings. The van der Waals surface area contributed by atoms with Crippen molar-refractivity contribution in [2.75, 3.05) is 12.4 Å². The first-order chi connectivity index (χ1) is 10.2. The summed E-state index contributed by atoms with van der Waals surface area (Å²) in [6.45, 7) is 0. The topological polar surface area (TPSA) is 64.1 Å². The zero-order valence-electron chi connectivity index (χ0n) is 11.0. The van der Waals surface area contributed by atoms with Gasteiger partial charge in [-0.1, -0.05) is 23.5 Å². The maximum Gasteiger partial charge on any atom is 0.241 e. The molecule has 0 radical (unpaired) electrons. The Labute approximate surface area is 123 Å². The molecule has 7 heteroatoms. The van der Waals surface area contributed by atoms with Gasteiger partial charge >= 0.3 is 0 Å². The molecule has 0 saturated carbocycles. The van der Waals surface area contributed by atoms with E-state index in [-0.39, 0.29) is 5.82 Å². The number of hydrogen-bond donors (Lipinski definition) is 1. The molecule has 21 heavy (non-hydrogen) atoms. The number of ether oxygens (including phenoxy) is 1. The van der Waals surface area contributed by atoms with Crippen LogP contribution < -0.4 is 10.1 Å². The molecule has 2 heterocycles. The van der Waals surface area contributed by atoms with Gasteiger partial charge in [-0.05, 0) is 17.7 Å². The van der Waals surface area contributed by atoms with Gasteiger partial charge in [-0.15, -0.1) is 0 Å². The fraction of sp³-hybridized carbons (Fsp3) is 0.0714. The molecule has 1 aromatic carbocycles. The second kappa shape index (κ2) is 5.45. The molecule has 0 bridgehead atoms. The van der Waals surface area contributed by atoms with Crippen molar-refractivity contribution in [3.05, 3.63) is 36.3 Å². The lowest BCUT2D eigenvalue weighted by atomic mass is 10.1. The lowest BCUT2D eigenvalue weighted by Gasteiger charge is -2.05. The largest absolute Gasteiger partial charge is 0.479 e. The number of hydrogen-bond acceptors (Lipinski definition) is 5. The number of methoxy groups -OCH3 is 1. The number of nitrogens with one attached hydrogen (secondary N) is 1. The average Bonchev–Trinajstić information content (AvgIpc) is 2.91. The zero-order valence-corrected chi connectivity index (χ0v) is 11.8. The molecule has 0 saturated heterocycles. The summed E-state index contributed by atoms with van der Waals surface area (Å²) in [7, 11) is 1.51. The Morgan fingerprint density at radius 2 is 2.10 bits per heavy atom. The molecule has 5 nitrogen and oxygen atoms in total. The molecule has 0 atom stereocenters. The van der Waals surface area contributed by atoms with Gasteiger partial charge in [-0.3, -0.25) is 4.79 Å². The van der Waals surface area contributed by atoms with Gasteiger partial charge in [0.25, 0.3) is 0 Å². The van der Waals surface area contributed by atoms with Crippen molar-refractivity contribution in [2.45, 2.75) is 0 Å². The van der Waals surface area contributed by atoms with Gasteiger partial charge in [0.2, 0.25) is 12.3 Å². The number of fused-ring (bicyclic) bond motifs is 1. The molecule has 0 aliphatic heterocycles. The van der Waals surface area contributed by atoms with Crippen LogP contribution in [0.15, 0.2) is 30.5 Å². The molecule has 0 spiro atoms. The molecule has 0 aliphatic rings. The van der Waals surface area contributed by atoms with Crippen LogP contribution in [0.2, 0.25) is 0 Å². The van der Waals surface area contributed by atoms with E-state index in [1.807, 2.05) is 0 Å². The highest BCUT2D eigenvalue weighted by atomic mass is 32.1. The van der Waals surface area contributed by atoms with Gasteiger partial charge in [0, 0.05) is 11.8 Å². The van der Waals surface area contributed by atoms with Crippen LogP contribution in [-0.2, 0) is 4.79 Å². The molecular weight excluding hydrogens is 293 g/mol. The summed E-state index contributed by atoms with van der Waals surface area (Å²) in [5, 5.41) is 2.97. The molecule has 3 aromatic rings. The summed E-state index contributed by atoms with van der Waals surface area (Å²) in [6, 6.07) is 6.11. The second-order valence-electron chi connectivity index (χ2n) is 4.15. The van der Waals surface area contributed by atoms with Crippen LogP contribution in [0.25, 0.3) is 21.3 Å². The van der Waals surface area contributed by atoms with Crippen LogP contribution >= 0.6 is 11.3 Å². The van der Waals surface area contributed by atoms with E-state index in [2.05, 4.69) is 15.3 Å². The van der Waals surface area contributed by atoms with E-state index in [0.29, 0.717) is 22.9 Å². The third kappa shape index (κ3) is 2.43. The zero-order chi connectivity index (χ0) is 14.8. The molecule has 1 amide bonds. The number of carbonyl (C=O) groups is 1. The molecule has 2 aromatic heterocycles. The van der Waals surface area contributed by atoms with Crippen molar-refractivity contribution in [2.24, 2.45) is 0 Å².